The molecule has 4 nitrogen and oxygen atoms in total. The molecule has 0 spiro atoms. The smallest absolute Gasteiger partial charge is 0.206 e. The lowest BCUT2D eigenvalue weighted by Crippen LogP contribution is -2.02. The number of carbonyl (C=O) groups is 1. The second kappa shape index (κ2) is 6.41. The number of thiazole rings is 1. The van der Waals surface area contributed by atoms with E-state index in [1.54, 1.807) is 12.1 Å². The largest absolute Gasteiger partial charge is 0.382 e. The molecule has 0 amide bonds. The number of nitrogens with two attached hydrogens (primary N) is 1. The van der Waals surface area contributed by atoms with E-state index in [-0.39, 0.29) is 11.6 Å². The van der Waals surface area contributed by atoms with Gasteiger partial charge in [0.25, 0.3) is 0 Å². The van der Waals surface area contributed by atoms with Crippen LogP contribution in [0, 0.1) is 0 Å². The Balaban J connectivity index is 1.75. The zero-order valence-corrected chi connectivity index (χ0v) is 12.6. The maximum absolute atomic E-state index is 12.4. The normalized spacial score (nSPS) is 10.4. The molecule has 22 heavy (non-hydrogen) atoms. The number of carbonyl (C=O) groups excluding carboxylic acids is 1. The second-order valence-electron chi connectivity index (χ2n) is 4.77. The number of nitrogens with one attached hydrogen (secondary N) is 1. The summed E-state index contributed by atoms with van der Waals surface area (Å²) < 4.78 is 0. The fourth-order valence-corrected chi connectivity index (χ4v) is 2.91. The Kier molecular flexibility index (Phi) is 4.16. The minimum Gasteiger partial charge on any atom is -0.382 e. The fourth-order valence-electron chi connectivity index (χ4n) is 2.06. The molecule has 0 saturated carbocycles. The lowest BCUT2D eigenvalue weighted by Gasteiger charge is -2.01. The van der Waals surface area contributed by atoms with Crippen LogP contribution in [-0.4, -0.2) is 10.8 Å². The molecule has 0 bridgehead atoms. The van der Waals surface area contributed by atoms with E-state index in [0.29, 0.717) is 22.1 Å². The van der Waals surface area contributed by atoms with Crippen molar-refractivity contribution in [1.82, 2.24) is 4.98 Å². The molecule has 2 aromatic carbocycles. The predicted octanol–water partition coefficient (Wildman–Crippen LogP) is 3.57. The SMILES string of the molecule is Nc1nc(NCc2ccccc2)sc1C(=O)c1ccccc1. The van der Waals surface area contributed by atoms with Crippen molar-refractivity contribution in [2.75, 3.05) is 11.1 Å². The average Bonchev–Trinajstić information content (AvgIpc) is 2.95. The van der Waals surface area contributed by atoms with Crippen LogP contribution < -0.4 is 11.1 Å². The maximum Gasteiger partial charge on any atom is 0.206 e. The third kappa shape index (κ3) is 3.15. The first-order chi connectivity index (χ1) is 10.7. The standard InChI is InChI=1S/C17H15N3OS/c18-16-15(14(21)13-9-5-2-6-10-13)22-17(20-16)19-11-12-7-3-1-4-8-12/h1-10H,11,18H2,(H,19,20). The van der Waals surface area contributed by atoms with E-state index in [0.717, 1.165) is 5.56 Å². The van der Waals surface area contributed by atoms with Crippen molar-refractivity contribution in [3.05, 3.63) is 76.7 Å². The molecule has 3 aromatic rings. The van der Waals surface area contributed by atoms with Crippen molar-refractivity contribution in [1.29, 1.82) is 0 Å². The first-order valence-corrected chi connectivity index (χ1v) is 7.69. The lowest BCUT2D eigenvalue weighted by atomic mass is 10.1. The molecule has 110 valence electrons. The van der Waals surface area contributed by atoms with Crippen LogP contribution in [0.25, 0.3) is 0 Å². The van der Waals surface area contributed by atoms with Crippen LogP contribution in [0.3, 0.4) is 0 Å². The number of nitrogens with zero attached hydrogens (tertiary/aromatic N) is 1. The van der Waals surface area contributed by atoms with Gasteiger partial charge in [0, 0.05) is 12.1 Å². The number of anilines is 2. The summed E-state index contributed by atoms with van der Waals surface area (Å²) >= 11 is 1.28. The van der Waals surface area contributed by atoms with Gasteiger partial charge in [-0.3, -0.25) is 4.79 Å². The number of nitrogen functional groups attached to an aromatic ring is 1. The Labute approximate surface area is 132 Å². The Morgan fingerprint density at radius 2 is 1.68 bits per heavy atom. The molecule has 0 unspecified atom stereocenters. The monoisotopic (exact) mass is 309 g/mol. The molecule has 1 heterocycles. The number of rotatable bonds is 5. The quantitative estimate of drug-likeness (QED) is 0.707. The molecular weight excluding hydrogens is 294 g/mol. The summed E-state index contributed by atoms with van der Waals surface area (Å²) in [6.45, 7) is 0.646. The summed E-state index contributed by atoms with van der Waals surface area (Å²) in [5.41, 5.74) is 7.65. The average molecular weight is 309 g/mol. The molecule has 3 N–H and O–H groups in total. The molecule has 0 aliphatic heterocycles. The van der Waals surface area contributed by atoms with Gasteiger partial charge in [0.15, 0.2) is 5.13 Å². The van der Waals surface area contributed by atoms with E-state index < -0.39 is 0 Å². The summed E-state index contributed by atoms with van der Waals surface area (Å²) in [5, 5.41) is 3.86. The van der Waals surface area contributed by atoms with Crippen LogP contribution in [-0.2, 0) is 6.54 Å². The van der Waals surface area contributed by atoms with E-state index in [1.807, 2.05) is 48.5 Å². The Morgan fingerprint density at radius 3 is 2.36 bits per heavy atom. The number of aromatic nitrogens is 1. The maximum atomic E-state index is 12.4. The van der Waals surface area contributed by atoms with Gasteiger partial charge in [-0.15, -0.1) is 0 Å². The highest BCUT2D eigenvalue weighted by Gasteiger charge is 2.17. The molecule has 3 rings (SSSR count). The summed E-state index contributed by atoms with van der Waals surface area (Å²) in [6.07, 6.45) is 0. The molecule has 0 saturated heterocycles. The summed E-state index contributed by atoms with van der Waals surface area (Å²) in [7, 11) is 0. The van der Waals surface area contributed by atoms with Gasteiger partial charge in [-0.2, -0.15) is 0 Å². The van der Waals surface area contributed by atoms with Crippen molar-refractivity contribution >= 4 is 28.1 Å². The zero-order valence-electron chi connectivity index (χ0n) is 11.8. The topological polar surface area (TPSA) is 68.0 Å². The fraction of sp³-hybridized carbons (Fsp3) is 0.0588. The van der Waals surface area contributed by atoms with Gasteiger partial charge in [0.05, 0.1) is 0 Å². The molecule has 0 aliphatic carbocycles. The highest BCUT2D eigenvalue weighted by atomic mass is 32.1. The Morgan fingerprint density at radius 1 is 1.05 bits per heavy atom. The summed E-state index contributed by atoms with van der Waals surface area (Å²) in [4.78, 5) is 17.1. The minimum absolute atomic E-state index is 0.0941. The second-order valence-corrected chi connectivity index (χ2v) is 5.77. The van der Waals surface area contributed by atoms with Gasteiger partial charge in [-0.05, 0) is 5.56 Å². The van der Waals surface area contributed by atoms with E-state index in [4.69, 9.17) is 5.73 Å². The number of hydrogen-bond acceptors (Lipinski definition) is 5. The number of benzene rings is 2. The third-order valence-electron chi connectivity index (χ3n) is 3.18. The van der Waals surface area contributed by atoms with Crippen LogP contribution >= 0.6 is 11.3 Å². The van der Waals surface area contributed by atoms with E-state index >= 15 is 0 Å². The van der Waals surface area contributed by atoms with Crippen molar-refractivity contribution in [2.45, 2.75) is 6.54 Å². The van der Waals surface area contributed by atoms with Crippen LogP contribution in [0.5, 0.6) is 0 Å². The van der Waals surface area contributed by atoms with Gasteiger partial charge in [-0.1, -0.05) is 72.0 Å². The molecule has 0 atom stereocenters. The predicted molar refractivity (Wildman–Crippen MR) is 90.2 cm³/mol. The van der Waals surface area contributed by atoms with E-state index in [1.165, 1.54) is 11.3 Å². The first kappa shape index (κ1) is 14.3. The first-order valence-electron chi connectivity index (χ1n) is 6.88. The van der Waals surface area contributed by atoms with Gasteiger partial charge < -0.3 is 11.1 Å². The van der Waals surface area contributed by atoms with Crippen molar-refractivity contribution in [3.8, 4) is 0 Å². The molecule has 0 fully saturated rings. The van der Waals surface area contributed by atoms with Gasteiger partial charge >= 0.3 is 0 Å². The number of hydrogen-bond donors (Lipinski definition) is 2. The van der Waals surface area contributed by atoms with Crippen LogP contribution in [0.4, 0.5) is 10.9 Å². The highest BCUT2D eigenvalue weighted by molar-refractivity contribution is 7.18. The Hall–Kier alpha value is -2.66. The van der Waals surface area contributed by atoms with Gasteiger partial charge in [0.2, 0.25) is 5.78 Å². The van der Waals surface area contributed by atoms with Crippen molar-refractivity contribution in [3.63, 3.8) is 0 Å². The van der Waals surface area contributed by atoms with Crippen LogP contribution in [0.15, 0.2) is 60.7 Å². The summed E-state index contributed by atoms with van der Waals surface area (Å²) in [5.74, 6) is 0.178. The van der Waals surface area contributed by atoms with Gasteiger partial charge in [0.1, 0.15) is 10.7 Å². The minimum atomic E-state index is -0.0941. The Bertz CT molecular complexity index is 769. The molecule has 0 radical (unpaired) electrons. The van der Waals surface area contributed by atoms with E-state index in [9.17, 15) is 4.79 Å². The summed E-state index contributed by atoms with van der Waals surface area (Å²) in [6, 6.07) is 19.1. The van der Waals surface area contributed by atoms with Crippen LogP contribution in [0.2, 0.25) is 0 Å². The highest BCUT2D eigenvalue weighted by Crippen LogP contribution is 2.27. The molecule has 0 aliphatic rings. The lowest BCUT2D eigenvalue weighted by molar-refractivity contribution is 0.104. The molecule has 1 aromatic heterocycles. The number of ketones is 1. The van der Waals surface area contributed by atoms with Gasteiger partial charge in [-0.25, -0.2) is 4.98 Å². The third-order valence-corrected chi connectivity index (χ3v) is 4.21. The molecule has 5 heteroatoms. The van der Waals surface area contributed by atoms with Crippen molar-refractivity contribution in [2.24, 2.45) is 0 Å². The van der Waals surface area contributed by atoms with E-state index in [2.05, 4.69) is 10.3 Å². The zero-order chi connectivity index (χ0) is 15.4. The van der Waals surface area contributed by atoms with Crippen LogP contribution in [0.1, 0.15) is 20.8 Å². The van der Waals surface area contributed by atoms with Crippen molar-refractivity contribution < 1.29 is 4.79 Å². The molecular formula is C17H15N3OS.